The zero-order valence-electron chi connectivity index (χ0n) is 9.83. The average molecular weight is 290 g/mol. The van der Waals surface area contributed by atoms with Gasteiger partial charge in [-0.05, 0) is 52.8 Å². The first-order chi connectivity index (χ1) is 9.24. The molecule has 96 valence electrons. The molecule has 19 heavy (non-hydrogen) atoms. The molecule has 0 spiro atoms. The van der Waals surface area contributed by atoms with E-state index in [-0.39, 0.29) is 5.91 Å². The molecule has 1 aliphatic heterocycles. The van der Waals surface area contributed by atoms with Crippen molar-refractivity contribution < 1.29 is 9.21 Å². The second kappa shape index (κ2) is 4.99. The van der Waals surface area contributed by atoms with Crippen LogP contribution in [0.1, 0.15) is 11.3 Å². The smallest absolute Gasteiger partial charge is 0.276 e. The molecule has 1 N–H and O–H groups in total. The van der Waals surface area contributed by atoms with Crippen LogP contribution in [0.15, 0.2) is 45.3 Å². The summed E-state index contributed by atoms with van der Waals surface area (Å²) in [6.45, 7) is 0.346. The van der Waals surface area contributed by atoms with E-state index in [9.17, 15) is 4.79 Å². The number of furan rings is 1. The molecule has 1 saturated heterocycles. The lowest BCUT2D eigenvalue weighted by Gasteiger charge is -2.11. The van der Waals surface area contributed by atoms with Crippen LogP contribution in [0.4, 0.5) is 0 Å². The summed E-state index contributed by atoms with van der Waals surface area (Å²) in [6.07, 6.45) is 3.38. The number of nitrogens with one attached hydrogen (secondary N) is 1. The SMILES string of the molecule is O=C1/C(=C\c2ccsc2)NC(=S)N1Cc1ccco1. The molecule has 0 aliphatic carbocycles. The third-order valence-corrected chi connectivity index (χ3v) is 3.73. The minimum atomic E-state index is -0.132. The van der Waals surface area contributed by atoms with E-state index < -0.39 is 0 Å². The van der Waals surface area contributed by atoms with Gasteiger partial charge in [0.2, 0.25) is 0 Å². The maximum Gasteiger partial charge on any atom is 0.276 e. The summed E-state index contributed by atoms with van der Waals surface area (Å²) in [6, 6.07) is 5.55. The monoisotopic (exact) mass is 290 g/mol. The highest BCUT2D eigenvalue weighted by Gasteiger charge is 2.31. The van der Waals surface area contributed by atoms with Crippen molar-refractivity contribution in [1.82, 2.24) is 10.2 Å². The molecule has 0 radical (unpaired) electrons. The van der Waals surface area contributed by atoms with Crippen LogP contribution in [0.2, 0.25) is 0 Å². The van der Waals surface area contributed by atoms with Crippen LogP contribution in [-0.4, -0.2) is 15.9 Å². The molecule has 1 amide bonds. The lowest BCUT2D eigenvalue weighted by Crippen LogP contribution is -2.29. The Morgan fingerprint density at radius 2 is 2.37 bits per heavy atom. The van der Waals surface area contributed by atoms with Gasteiger partial charge in [0.25, 0.3) is 5.91 Å². The predicted molar refractivity (Wildman–Crippen MR) is 77.3 cm³/mol. The van der Waals surface area contributed by atoms with Crippen LogP contribution in [0, 0.1) is 0 Å². The standard InChI is InChI=1S/C13H10N2O2S2/c16-12-11(6-9-3-5-19-8-9)14-13(18)15(12)7-10-2-1-4-17-10/h1-6,8H,7H2,(H,14,18)/b11-6+. The molecule has 0 atom stereocenters. The normalized spacial score (nSPS) is 17.3. The fourth-order valence-corrected chi connectivity index (χ4v) is 2.67. The maximum atomic E-state index is 12.2. The highest BCUT2D eigenvalue weighted by Crippen LogP contribution is 2.18. The summed E-state index contributed by atoms with van der Waals surface area (Å²) >= 11 is 6.76. The van der Waals surface area contributed by atoms with E-state index in [0.29, 0.717) is 23.1 Å². The molecule has 1 fully saturated rings. The van der Waals surface area contributed by atoms with Crippen LogP contribution >= 0.6 is 23.6 Å². The van der Waals surface area contributed by atoms with Crippen molar-refractivity contribution in [2.75, 3.05) is 0 Å². The molecule has 1 aliphatic rings. The second-order valence-corrected chi connectivity index (χ2v) is 5.18. The summed E-state index contributed by atoms with van der Waals surface area (Å²) in [5, 5.41) is 7.28. The van der Waals surface area contributed by atoms with Crippen LogP contribution in [0.3, 0.4) is 0 Å². The van der Waals surface area contributed by atoms with Crippen LogP contribution in [0.25, 0.3) is 6.08 Å². The number of amides is 1. The largest absolute Gasteiger partial charge is 0.467 e. The average Bonchev–Trinajstić information content (AvgIpc) is 3.10. The Hall–Kier alpha value is -1.92. The maximum absolute atomic E-state index is 12.2. The number of rotatable bonds is 3. The van der Waals surface area contributed by atoms with E-state index in [1.165, 1.54) is 4.90 Å². The van der Waals surface area contributed by atoms with E-state index in [2.05, 4.69) is 5.32 Å². The zero-order chi connectivity index (χ0) is 13.2. The van der Waals surface area contributed by atoms with Crippen molar-refractivity contribution in [3.05, 3.63) is 52.2 Å². The Morgan fingerprint density at radius 3 is 3.05 bits per heavy atom. The Morgan fingerprint density at radius 1 is 1.47 bits per heavy atom. The lowest BCUT2D eigenvalue weighted by molar-refractivity contribution is -0.122. The van der Waals surface area contributed by atoms with Gasteiger partial charge in [-0.15, -0.1) is 0 Å². The topological polar surface area (TPSA) is 45.5 Å². The van der Waals surface area contributed by atoms with E-state index in [1.807, 2.05) is 22.9 Å². The Balaban J connectivity index is 1.81. The zero-order valence-corrected chi connectivity index (χ0v) is 11.5. The van der Waals surface area contributed by atoms with Crippen molar-refractivity contribution in [2.24, 2.45) is 0 Å². The summed E-state index contributed by atoms with van der Waals surface area (Å²) in [4.78, 5) is 13.7. The second-order valence-electron chi connectivity index (χ2n) is 4.02. The molecule has 6 heteroatoms. The van der Waals surface area contributed by atoms with Gasteiger partial charge in [0.15, 0.2) is 5.11 Å². The quantitative estimate of drug-likeness (QED) is 0.697. The van der Waals surface area contributed by atoms with Gasteiger partial charge in [-0.1, -0.05) is 0 Å². The molecule has 3 heterocycles. The third kappa shape index (κ3) is 2.45. The van der Waals surface area contributed by atoms with Crippen molar-refractivity contribution in [2.45, 2.75) is 6.54 Å². The summed E-state index contributed by atoms with van der Waals surface area (Å²) < 4.78 is 5.23. The highest BCUT2D eigenvalue weighted by molar-refractivity contribution is 7.80. The van der Waals surface area contributed by atoms with Gasteiger partial charge in [0.1, 0.15) is 11.5 Å². The van der Waals surface area contributed by atoms with Crippen LogP contribution in [0.5, 0.6) is 0 Å². The van der Waals surface area contributed by atoms with Crippen LogP contribution in [-0.2, 0) is 11.3 Å². The predicted octanol–water partition coefficient (Wildman–Crippen LogP) is 2.60. The van der Waals surface area contributed by atoms with Crippen LogP contribution < -0.4 is 5.32 Å². The molecule has 4 nitrogen and oxygen atoms in total. The van der Waals surface area contributed by atoms with Gasteiger partial charge in [0, 0.05) is 0 Å². The van der Waals surface area contributed by atoms with Crippen molar-refractivity contribution >= 4 is 40.7 Å². The van der Waals surface area contributed by atoms with Gasteiger partial charge < -0.3 is 9.73 Å². The fraction of sp³-hybridized carbons (Fsp3) is 0.0769. The van der Waals surface area contributed by atoms with E-state index in [0.717, 1.165) is 5.56 Å². The molecular weight excluding hydrogens is 280 g/mol. The van der Waals surface area contributed by atoms with E-state index in [1.54, 1.807) is 29.7 Å². The summed E-state index contributed by atoms with van der Waals surface area (Å²) in [7, 11) is 0. The van der Waals surface area contributed by atoms with Gasteiger partial charge in [-0.25, -0.2) is 0 Å². The number of carbonyl (C=O) groups excluding carboxylic acids is 1. The van der Waals surface area contributed by atoms with E-state index >= 15 is 0 Å². The first kappa shape index (κ1) is 12.1. The molecular formula is C13H10N2O2S2. The Bertz CT molecular complexity index is 630. The van der Waals surface area contributed by atoms with Crippen molar-refractivity contribution in [3.63, 3.8) is 0 Å². The molecule has 2 aromatic heterocycles. The van der Waals surface area contributed by atoms with Crippen molar-refractivity contribution in [1.29, 1.82) is 0 Å². The molecule has 0 aromatic carbocycles. The third-order valence-electron chi connectivity index (χ3n) is 2.71. The minimum Gasteiger partial charge on any atom is -0.467 e. The molecule has 0 saturated carbocycles. The fourth-order valence-electron chi connectivity index (χ4n) is 1.80. The van der Waals surface area contributed by atoms with Gasteiger partial charge in [-0.3, -0.25) is 9.69 Å². The van der Waals surface area contributed by atoms with Gasteiger partial charge in [-0.2, -0.15) is 11.3 Å². The Kier molecular flexibility index (Phi) is 3.18. The van der Waals surface area contributed by atoms with E-state index in [4.69, 9.17) is 16.6 Å². The van der Waals surface area contributed by atoms with Gasteiger partial charge >= 0.3 is 0 Å². The molecule has 0 bridgehead atoms. The first-order valence-electron chi connectivity index (χ1n) is 5.63. The molecule has 0 unspecified atom stereocenters. The summed E-state index contributed by atoms with van der Waals surface area (Å²) in [5.74, 6) is 0.571. The summed E-state index contributed by atoms with van der Waals surface area (Å²) in [5.41, 5.74) is 1.48. The Labute approximate surface area is 119 Å². The molecule has 3 rings (SSSR count). The number of thiocarbonyl (C=S) groups is 1. The number of nitrogens with zero attached hydrogens (tertiary/aromatic N) is 1. The number of hydrogen-bond acceptors (Lipinski definition) is 4. The van der Waals surface area contributed by atoms with Crippen molar-refractivity contribution in [3.8, 4) is 0 Å². The minimum absolute atomic E-state index is 0.132. The number of carbonyl (C=O) groups is 1. The van der Waals surface area contributed by atoms with Gasteiger partial charge in [0.05, 0.1) is 12.8 Å². The number of hydrogen-bond donors (Lipinski definition) is 1. The number of thiophene rings is 1. The lowest BCUT2D eigenvalue weighted by atomic mass is 10.2. The molecule has 2 aromatic rings. The highest BCUT2D eigenvalue weighted by atomic mass is 32.1. The first-order valence-corrected chi connectivity index (χ1v) is 6.98.